The van der Waals surface area contributed by atoms with Gasteiger partial charge in [-0.1, -0.05) is 15.9 Å². The molecule has 90 valence electrons. The fraction of sp³-hybridized carbons (Fsp3) is 0.200. The minimum Gasteiger partial charge on any atom is -0.293 e. The van der Waals surface area contributed by atoms with Gasteiger partial charge in [-0.05, 0) is 34.7 Å². The second-order valence-corrected chi connectivity index (χ2v) is 4.77. The molecule has 0 fully saturated rings. The summed E-state index contributed by atoms with van der Waals surface area (Å²) in [4.78, 5) is 11.4. The van der Waals surface area contributed by atoms with Gasteiger partial charge in [0.15, 0.2) is 5.78 Å². The summed E-state index contributed by atoms with van der Waals surface area (Å²) in [6, 6.07) is 3.55. The third-order valence-corrected chi connectivity index (χ3v) is 3.36. The zero-order valence-electron chi connectivity index (χ0n) is 8.11. The molecule has 1 aromatic rings. The SMILES string of the molecule is N#Cc1cc(C(=O)CBr)c(C(F)(F)F)cc1I. The van der Waals surface area contributed by atoms with Gasteiger partial charge in [0.05, 0.1) is 16.5 Å². The number of alkyl halides is 4. The number of nitrogens with zero attached hydrogens (tertiary/aromatic N) is 1. The Balaban J connectivity index is 3.54. The molecule has 0 spiro atoms. The van der Waals surface area contributed by atoms with E-state index in [1.165, 1.54) is 0 Å². The van der Waals surface area contributed by atoms with E-state index >= 15 is 0 Å². The maximum atomic E-state index is 12.7. The summed E-state index contributed by atoms with van der Waals surface area (Å²) in [6.07, 6.45) is -4.61. The van der Waals surface area contributed by atoms with E-state index in [-0.39, 0.29) is 14.5 Å². The summed E-state index contributed by atoms with van der Waals surface area (Å²) in [5.74, 6) is -0.703. The second kappa shape index (κ2) is 5.35. The molecule has 17 heavy (non-hydrogen) atoms. The van der Waals surface area contributed by atoms with Gasteiger partial charge in [-0.15, -0.1) is 0 Å². The maximum absolute atomic E-state index is 12.7. The van der Waals surface area contributed by atoms with Gasteiger partial charge in [0.25, 0.3) is 0 Å². The fourth-order valence-corrected chi connectivity index (χ4v) is 2.09. The van der Waals surface area contributed by atoms with E-state index in [1.54, 1.807) is 28.7 Å². The summed E-state index contributed by atoms with van der Waals surface area (Å²) < 4.78 is 38.3. The van der Waals surface area contributed by atoms with Crippen LogP contribution in [0.2, 0.25) is 0 Å². The third kappa shape index (κ3) is 3.19. The highest BCUT2D eigenvalue weighted by molar-refractivity contribution is 14.1. The van der Waals surface area contributed by atoms with Crippen LogP contribution in [0.4, 0.5) is 13.2 Å². The van der Waals surface area contributed by atoms with Crippen LogP contribution in [0.5, 0.6) is 0 Å². The van der Waals surface area contributed by atoms with Crippen molar-refractivity contribution < 1.29 is 18.0 Å². The van der Waals surface area contributed by atoms with Crippen LogP contribution in [0.3, 0.4) is 0 Å². The van der Waals surface area contributed by atoms with Crippen LogP contribution in [0, 0.1) is 14.9 Å². The molecule has 0 aromatic heterocycles. The fourth-order valence-electron chi connectivity index (χ4n) is 1.20. The number of carbonyl (C=O) groups excluding carboxylic acids is 1. The number of carbonyl (C=O) groups is 1. The lowest BCUT2D eigenvalue weighted by Crippen LogP contribution is -2.15. The standard InChI is InChI=1S/C10H4BrF3INO/c11-3-9(17)6-1-5(4-16)8(15)2-7(6)10(12,13)14/h1-2H,3H2. The van der Waals surface area contributed by atoms with Gasteiger partial charge in [-0.3, -0.25) is 4.79 Å². The molecule has 2 nitrogen and oxygen atoms in total. The molecule has 1 rings (SSSR count). The summed E-state index contributed by atoms with van der Waals surface area (Å²) in [5, 5.41) is 8.51. The number of Topliss-reactive ketones (excluding diaryl/α,β-unsaturated/α-hetero) is 1. The Bertz CT molecular complexity index is 507. The lowest BCUT2D eigenvalue weighted by molar-refractivity contribution is -0.137. The van der Waals surface area contributed by atoms with Gasteiger partial charge >= 0.3 is 6.18 Å². The van der Waals surface area contributed by atoms with Crippen molar-refractivity contribution in [2.45, 2.75) is 6.18 Å². The Morgan fingerprint density at radius 3 is 2.47 bits per heavy atom. The van der Waals surface area contributed by atoms with E-state index in [0.29, 0.717) is 0 Å². The van der Waals surface area contributed by atoms with Crippen molar-refractivity contribution in [3.8, 4) is 6.07 Å². The van der Waals surface area contributed by atoms with Crippen LogP contribution in [-0.2, 0) is 6.18 Å². The molecule has 0 amide bonds. The largest absolute Gasteiger partial charge is 0.417 e. The molecule has 0 aliphatic heterocycles. The number of hydrogen-bond acceptors (Lipinski definition) is 2. The molecular formula is C10H4BrF3INO. The highest BCUT2D eigenvalue weighted by atomic mass is 127. The topological polar surface area (TPSA) is 40.9 Å². The first-order valence-corrected chi connectivity index (χ1v) is 6.41. The summed E-state index contributed by atoms with van der Waals surface area (Å²) in [7, 11) is 0. The molecule has 0 unspecified atom stereocenters. The predicted octanol–water partition coefficient (Wildman–Crippen LogP) is 3.76. The Kier molecular flexibility index (Phi) is 4.55. The zero-order valence-corrected chi connectivity index (χ0v) is 11.9. The Morgan fingerprint density at radius 1 is 1.47 bits per heavy atom. The average molecular weight is 418 g/mol. The van der Waals surface area contributed by atoms with Crippen LogP contribution < -0.4 is 0 Å². The van der Waals surface area contributed by atoms with Gasteiger partial charge in [-0.2, -0.15) is 18.4 Å². The molecule has 7 heteroatoms. The van der Waals surface area contributed by atoms with Crippen molar-refractivity contribution in [2.24, 2.45) is 0 Å². The molecule has 0 aliphatic rings. The summed E-state index contributed by atoms with van der Waals surface area (Å²) in [5.41, 5.74) is -1.43. The minimum absolute atomic E-state index is 0.0582. The zero-order chi connectivity index (χ0) is 13.2. The Morgan fingerprint density at radius 2 is 2.06 bits per heavy atom. The number of halogens is 5. The van der Waals surface area contributed by atoms with Gasteiger partial charge in [0, 0.05) is 9.13 Å². The quantitative estimate of drug-likeness (QED) is 0.417. The van der Waals surface area contributed by atoms with E-state index in [1.807, 2.05) is 0 Å². The lowest BCUT2D eigenvalue weighted by atomic mass is 10.0. The van der Waals surface area contributed by atoms with Crippen molar-refractivity contribution >= 4 is 44.3 Å². The van der Waals surface area contributed by atoms with E-state index in [0.717, 1.165) is 12.1 Å². The minimum atomic E-state index is -4.61. The molecule has 0 atom stereocenters. The van der Waals surface area contributed by atoms with E-state index in [9.17, 15) is 18.0 Å². The van der Waals surface area contributed by atoms with Crippen LogP contribution >= 0.6 is 38.5 Å². The number of benzene rings is 1. The molecule has 0 heterocycles. The lowest BCUT2D eigenvalue weighted by Gasteiger charge is -2.12. The molecule has 0 saturated heterocycles. The van der Waals surface area contributed by atoms with Gasteiger partial charge < -0.3 is 0 Å². The first-order valence-electron chi connectivity index (χ1n) is 4.21. The summed E-state index contributed by atoms with van der Waals surface area (Å²) in [6.45, 7) is 0. The monoisotopic (exact) mass is 417 g/mol. The molecule has 0 N–H and O–H groups in total. The summed E-state index contributed by atoms with van der Waals surface area (Å²) >= 11 is 4.45. The van der Waals surface area contributed by atoms with Crippen molar-refractivity contribution in [3.63, 3.8) is 0 Å². The van der Waals surface area contributed by atoms with E-state index in [4.69, 9.17) is 5.26 Å². The Labute approximate surface area is 117 Å². The number of rotatable bonds is 2. The van der Waals surface area contributed by atoms with Crippen molar-refractivity contribution in [1.82, 2.24) is 0 Å². The smallest absolute Gasteiger partial charge is 0.293 e. The molecule has 0 bridgehead atoms. The molecule has 0 aliphatic carbocycles. The van der Waals surface area contributed by atoms with Crippen molar-refractivity contribution in [3.05, 3.63) is 32.4 Å². The van der Waals surface area contributed by atoms with Crippen LogP contribution in [0.25, 0.3) is 0 Å². The number of nitriles is 1. The number of ketones is 1. The van der Waals surface area contributed by atoms with Crippen LogP contribution in [-0.4, -0.2) is 11.1 Å². The van der Waals surface area contributed by atoms with Crippen LogP contribution in [0.1, 0.15) is 21.5 Å². The number of hydrogen-bond donors (Lipinski definition) is 0. The third-order valence-electron chi connectivity index (χ3n) is 1.95. The highest BCUT2D eigenvalue weighted by Gasteiger charge is 2.35. The molecule has 0 radical (unpaired) electrons. The molecule has 1 aromatic carbocycles. The van der Waals surface area contributed by atoms with Crippen molar-refractivity contribution in [1.29, 1.82) is 5.26 Å². The first-order chi connectivity index (χ1) is 7.81. The molecular weight excluding hydrogens is 414 g/mol. The average Bonchev–Trinajstić information content (AvgIpc) is 2.26. The van der Waals surface area contributed by atoms with E-state index in [2.05, 4.69) is 15.9 Å². The van der Waals surface area contributed by atoms with Gasteiger partial charge in [0.1, 0.15) is 6.07 Å². The maximum Gasteiger partial charge on any atom is 0.417 e. The van der Waals surface area contributed by atoms with Gasteiger partial charge in [0.2, 0.25) is 0 Å². The van der Waals surface area contributed by atoms with E-state index < -0.39 is 23.1 Å². The Hall–Kier alpha value is -0.620. The predicted molar refractivity (Wildman–Crippen MR) is 67.0 cm³/mol. The second-order valence-electron chi connectivity index (χ2n) is 3.04. The molecule has 0 saturated carbocycles. The highest BCUT2D eigenvalue weighted by Crippen LogP contribution is 2.34. The van der Waals surface area contributed by atoms with Crippen LogP contribution in [0.15, 0.2) is 12.1 Å². The normalized spacial score (nSPS) is 11.1. The first kappa shape index (κ1) is 14.4. The van der Waals surface area contributed by atoms with Crippen molar-refractivity contribution in [2.75, 3.05) is 5.33 Å². The van der Waals surface area contributed by atoms with Gasteiger partial charge in [-0.25, -0.2) is 0 Å².